The minimum Gasteiger partial charge on any atom is -0.494 e. The summed E-state index contributed by atoms with van der Waals surface area (Å²) in [6.07, 6.45) is 1.35. The van der Waals surface area contributed by atoms with E-state index in [0.29, 0.717) is 28.0 Å². The largest absolute Gasteiger partial charge is 0.494 e. The molecule has 1 aromatic heterocycles. The van der Waals surface area contributed by atoms with Crippen LogP contribution in [-0.4, -0.2) is 22.1 Å². The SMILES string of the molecule is CCOc1ccc(-c2cc(=O)n(CC(=O)Nc3cc(Cl)cc(Cl)c3)cn2)cc1. The Labute approximate surface area is 171 Å². The number of ether oxygens (including phenoxy) is 1. The maximum atomic E-state index is 12.4. The van der Waals surface area contributed by atoms with E-state index in [0.717, 1.165) is 11.3 Å². The van der Waals surface area contributed by atoms with Gasteiger partial charge in [-0.1, -0.05) is 23.2 Å². The van der Waals surface area contributed by atoms with Gasteiger partial charge >= 0.3 is 0 Å². The lowest BCUT2D eigenvalue weighted by Crippen LogP contribution is -2.27. The molecule has 0 saturated heterocycles. The van der Waals surface area contributed by atoms with Crippen molar-refractivity contribution in [1.82, 2.24) is 9.55 Å². The van der Waals surface area contributed by atoms with E-state index in [2.05, 4.69) is 10.3 Å². The highest BCUT2D eigenvalue weighted by Gasteiger charge is 2.09. The van der Waals surface area contributed by atoms with Crippen LogP contribution in [0.15, 0.2) is 59.7 Å². The molecule has 0 atom stereocenters. The second-order valence-corrected chi connectivity index (χ2v) is 6.78. The maximum absolute atomic E-state index is 12.4. The number of aromatic nitrogens is 2. The van der Waals surface area contributed by atoms with Crippen LogP contribution in [0.5, 0.6) is 5.75 Å². The molecular formula is C20H17Cl2N3O3. The second-order valence-electron chi connectivity index (χ2n) is 5.90. The topological polar surface area (TPSA) is 73.2 Å². The molecule has 6 nitrogen and oxygen atoms in total. The van der Waals surface area contributed by atoms with Crippen molar-refractivity contribution in [3.05, 3.63) is 75.3 Å². The Balaban J connectivity index is 1.71. The van der Waals surface area contributed by atoms with Gasteiger partial charge in [-0.15, -0.1) is 0 Å². The van der Waals surface area contributed by atoms with Crippen LogP contribution in [0.1, 0.15) is 6.92 Å². The van der Waals surface area contributed by atoms with E-state index in [1.807, 2.05) is 31.2 Å². The fourth-order valence-corrected chi connectivity index (χ4v) is 3.10. The lowest BCUT2D eigenvalue weighted by atomic mass is 10.1. The Kier molecular flexibility index (Phi) is 6.34. The van der Waals surface area contributed by atoms with Crippen molar-refractivity contribution < 1.29 is 9.53 Å². The van der Waals surface area contributed by atoms with Gasteiger partial charge in [0.2, 0.25) is 5.91 Å². The highest BCUT2D eigenvalue weighted by atomic mass is 35.5. The summed E-state index contributed by atoms with van der Waals surface area (Å²) in [5.41, 5.74) is 1.42. The van der Waals surface area contributed by atoms with E-state index >= 15 is 0 Å². The molecule has 1 N–H and O–H groups in total. The molecule has 28 heavy (non-hydrogen) atoms. The smallest absolute Gasteiger partial charge is 0.254 e. The lowest BCUT2D eigenvalue weighted by molar-refractivity contribution is -0.116. The highest BCUT2D eigenvalue weighted by Crippen LogP contribution is 2.22. The Morgan fingerprint density at radius 1 is 1.11 bits per heavy atom. The van der Waals surface area contributed by atoms with E-state index in [-0.39, 0.29) is 12.1 Å². The standard InChI is InChI=1S/C20H17Cl2N3O3/c1-2-28-17-5-3-13(4-6-17)18-10-20(27)25(12-23-18)11-19(26)24-16-8-14(21)7-15(22)9-16/h3-10,12H,2,11H2,1H3,(H,24,26). The first kappa shape index (κ1) is 19.9. The average molecular weight is 418 g/mol. The van der Waals surface area contributed by atoms with E-state index < -0.39 is 5.91 Å². The normalized spacial score (nSPS) is 10.5. The molecule has 0 saturated carbocycles. The van der Waals surface area contributed by atoms with E-state index in [1.54, 1.807) is 18.2 Å². The number of hydrogen-bond donors (Lipinski definition) is 1. The summed E-state index contributed by atoms with van der Waals surface area (Å²) in [6, 6.07) is 13.4. The van der Waals surface area contributed by atoms with Gasteiger partial charge in [-0.2, -0.15) is 0 Å². The molecule has 0 bridgehead atoms. The van der Waals surface area contributed by atoms with Crippen LogP contribution in [0, 0.1) is 0 Å². The predicted molar refractivity (Wildman–Crippen MR) is 110 cm³/mol. The molecule has 3 rings (SSSR count). The number of rotatable bonds is 6. The van der Waals surface area contributed by atoms with Crippen LogP contribution in [0.25, 0.3) is 11.3 Å². The number of nitrogens with one attached hydrogen (secondary N) is 1. The molecule has 3 aromatic rings. The molecule has 0 spiro atoms. The molecule has 0 fully saturated rings. The maximum Gasteiger partial charge on any atom is 0.254 e. The van der Waals surface area contributed by atoms with Crippen molar-refractivity contribution in [2.75, 3.05) is 11.9 Å². The molecular weight excluding hydrogens is 401 g/mol. The van der Waals surface area contributed by atoms with Crippen LogP contribution in [-0.2, 0) is 11.3 Å². The molecule has 0 unspecified atom stereocenters. The van der Waals surface area contributed by atoms with Gasteiger partial charge in [0.15, 0.2) is 0 Å². The van der Waals surface area contributed by atoms with E-state index in [4.69, 9.17) is 27.9 Å². The zero-order valence-corrected chi connectivity index (χ0v) is 16.5. The quantitative estimate of drug-likeness (QED) is 0.650. The van der Waals surface area contributed by atoms with Crippen molar-refractivity contribution in [3.8, 4) is 17.0 Å². The van der Waals surface area contributed by atoms with Gasteiger partial charge in [0, 0.05) is 27.4 Å². The minimum atomic E-state index is -0.393. The van der Waals surface area contributed by atoms with Gasteiger partial charge < -0.3 is 10.1 Å². The zero-order valence-electron chi connectivity index (χ0n) is 15.0. The number of hydrogen-bond acceptors (Lipinski definition) is 4. The van der Waals surface area contributed by atoms with Crippen LogP contribution < -0.4 is 15.6 Å². The average Bonchev–Trinajstić information content (AvgIpc) is 2.63. The second kappa shape index (κ2) is 8.91. The third-order valence-electron chi connectivity index (χ3n) is 3.80. The number of amides is 1. The molecule has 0 aliphatic rings. The number of halogens is 2. The number of nitrogens with zero attached hydrogens (tertiary/aromatic N) is 2. The summed E-state index contributed by atoms with van der Waals surface area (Å²) in [5, 5.41) is 3.46. The zero-order chi connectivity index (χ0) is 20.1. The Morgan fingerprint density at radius 2 is 1.79 bits per heavy atom. The number of anilines is 1. The van der Waals surface area contributed by atoms with Crippen molar-refractivity contribution in [1.29, 1.82) is 0 Å². The predicted octanol–water partition coefficient (Wildman–Crippen LogP) is 4.25. The molecule has 0 radical (unpaired) electrons. The first-order chi connectivity index (χ1) is 13.4. The van der Waals surface area contributed by atoms with Crippen LogP contribution >= 0.6 is 23.2 Å². The first-order valence-corrected chi connectivity index (χ1v) is 9.26. The monoisotopic (exact) mass is 417 g/mol. The Hall–Kier alpha value is -2.83. The molecule has 2 aromatic carbocycles. The Morgan fingerprint density at radius 3 is 2.39 bits per heavy atom. The summed E-state index contributed by atoms with van der Waals surface area (Å²) < 4.78 is 6.62. The summed E-state index contributed by atoms with van der Waals surface area (Å²) in [6.45, 7) is 2.31. The van der Waals surface area contributed by atoms with Crippen LogP contribution in [0.4, 0.5) is 5.69 Å². The van der Waals surface area contributed by atoms with Gasteiger partial charge in [0.1, 0.15) is 12.3 Å². The molecule has 0 aliphatic heterocycles. The summed E-state index contributed by atoms with van der Waals surface area (Å²) in [5.74, 6) is 0.355. The van der Waals surface area contributed by atoms with E-state index in [9.17, 15) is 9.59 Å². The van der Waals surface area contributed by atoms with Crippen molar-refractivity contribution in [3.63, 3.8) is 0 Å². The number of carbonyl (C=O) groups is 1. The van der Waals surface area contributed by atoms with Gasteiger partial charge in [-0.05, 0) is 49.4 Å². The van der Waals surface area contributed by atoms with Gasteiger partial charge in [-0.3, -0.25) is 14.2 Å². The van der Waals surface area contributed by atoms with E-state index in [1.165, 1.54) is 17.0 Å². The van der Waals surface area contributed by atoms with Gasteiger partial charge in [-0.25, -0.2) is 4.98 Å². The molecule has 1 heterocycles. The lowest BCUT2D eigenvalue weighted by Gasteiger charge is -2.09. The molecule has 144 valence electrons. The summed E-state index contributed by atoms with van der Waals surface area (Å²) in [7, 11) is 0. The fourth-order valence-electron chi connectivity index (χ4n) is 2.57. The van der Waals surface area contributed by atoms with Crippen LogP contribution in [0.2, 0.25) is 10.0 Å². The van der Waals surface area contributed by atoms with Crippen molar-refractivity contribution >= 4 is 34.8 Å². The third kappa shape index (κ3) is 5.12. The molecule has 1 amide bonds. The molecule has 8 heteroatoms. The number of benzene rings is 2. The van der Waals surface area contributed by atoms with Crippen LogP contribution in [0.3, 0.4) is 0 Å². The van der Waals surface area contributed by atoms with Gasteiger partial charge in [0.05, 0.1) is 18.6 Å². The molecule has 0 aliphatic carbocycles. The van der Waals surface area contributed by atoms with Crippen molar-refractivity contribution in [2.45, 2.75) is 13.5 Å². The first-order valence-electron chi connectivity index (χ1n) is 8.50. The van der Waals surface area contributed by atoms with Crippen molar-refractivity contribution in [2.24, 2.45) is 0 Å². The third-order valence-corrected chi connectivity index (χ3v) is 4.24. The minimum absolute atomic E-state index is 0.181. The Bertz CT molecular complexity index is 1030. The van der Waals surface area contributed by atoms with Gasteiger partial charge in [0.25, 0.3) is 5.56 Å². The summed E-state index contributed by atoms with van der Waals surface area (Å²) >= 11 is 11.8. The summed E-state index contributed by atoms with van der Waals surface area (Å²) in [4.78, 5) is 28.8. The highest BCUT2D eigenvalue weighted by molar-refractivity contribution is 6.35. The number of carbonyl (C=O) groups excluding carboxylic acids is 1. The fraction of sp³-hybridized carbons (Fsp3) is 0.150.